The molecule has 0 unspecified atom stereocenters. The van der Waals surface area contributed by atoms with Gasteiger partial charge in [-0.3, -0.25) is 0 Å². The molecule has 0 bridgehead atoms. The third-order valence-electron chi connectivity index (χ3n) is 5.89. The van der Waals surface area contributed by atoms with E-state index in [-0.39, 0.29) is 0 Å². The molecule has 2 heterocycles. The molecule has 1 aromatic heterocycles. The van der Waals surface area contributed by atoms with Gasteiger partial charge in [0.25, 0.3) is 0 Å². The van der Waals surface area contributed by atoms with E-state index in [0.29, 0.717) is 12.2 Å². The minimum Gasteiger partial charge on any atom is -0.353 e. The van der Waals surface area contributed by atoms with Gasteiger partial charge in [-0.15, -0.1) is 0 Å². The van der Waals surface area contributed by atoms with Gasteiger partial charge in [-0.25, -0.2) is 4.57 Å². The minimum absolute atomic E-state index is 0.390. The van der Waals surface area contributed by atoms with Crippen LogP contribution >= 0.6 is 0 Å². The fourth-order valence-electron chi connectivity index (χ4n) is 4.44. The molecule has 3 nitrogen and oxygen atoms in total. The lowest BCUT2D eigenvalue weighted by molar-refractivity contribution is -0.660. The Balaban J connectivity index is 1.67. The smallest absolute Gasteiger partial charge is 0.212 e. The van der Waals surface area contributed by atoms with Crippen molar-refractivity contribution in [3.63, 3.8) is 0 Å². The summed E-state index contributed by atoms with van der Waals surface area (Å²) < 4.78 is 2.19. The average Bonchev–Trinajstić information content (AvgIpc) is 3.26. The summed E-state index contributed by atoms with van der Waals surface area (Å²) in [5.74, 6) is 0. The first kappa shape index (κ1) is 16.2. The molecule has 2 aliphatic rings. The molecule has 1 atom stereocenters. The zero-order chi connectivity index (χ0) is 17.4. The van der Waals surface area contributed by atoms with Gasteiger partial charge in [0.05, 0.1) is 5.56 Å². The molecule has 0 spiro atoms. The second kappa shape index (κ2) is 6.55. The monoisotopic (exact) mass is 334 g/mol. The van der Waals surface area contributed by atoms with Gasteiger partial charge in [0.15, 0.2) is 6.20 Å². The molecular formula is C22H28N3+. The van der Waals surface area contributed by atoms with Crippen LogP contribution in [0.1, 0.15) is 38.2 Å². The molecule has 3 heteroatoms. The van der Waals surface area contributed by atoms with E-state index in [2.05, 4.69) is 90.3 Å². The molecule has 1 aromatic carbocycles. The number of anilines is 1. The first-order valence-corrected chi connectivity index (χ1v) is 9.45. The quantitative estimate of drug-likeness (QED) is 0.772. The number of benzene rings is 1. The van der Waals surface area contributed by atoms with Crippen molar-refractivity contribution in [1.29, 1.82) is 0 Å². The van der Waals surface area contributed by atoms with E-state index in [9.17, 15) is 0 Å². The average molecular weight is 334 g/mol. The number of nitrogens with zero attached hydrogens (tertiary/aromatic N) is 3. The Morgan fingerprint density at radius 2 is 1.80 bits per heavy atom. The predicted octanol–water partition coefficient (Wildman–Crippen LogP) is 4.37. The Morgan fingerprint density at radius 1 is 1.00 bits per heavy atom. The molecule has 1 aliphatic heterocycles. The summed E-state index contributed by atoms with van der Waals surface area (Å²) in [5.41, 5.74) is 5.21. The summed E-state index contributed by atoms with van der Waals surface area (Å²) >= 11 is 0. The van der Waals surface area contributed by atoms with E-state index in [1.165, 1.54) is 48.2 Å². The van der Waals surface area contributed by atoms with E-state index in [1.807, 2.05) is 0 Å². The van der Waals surface area contributed by atoms with Gasteiger partial charge < -0.3 is 9.80 Å². The predicted molar refractivity (Wildman–Crippen MR) is 103 cm³/mol. The van der Waals surface area contributed by atoms with Crippen LogP contribution < -0.4 is 9.47 Å². The number of aryl methyl sites for hydroxylation is 1. The van der Waals surface area contributed by atoms with Gasteiger partial charge in [-0.1, -0.05) is 18.9 Å². The molecule has 0 saturated heterocycles. The van der Waals surface area contributed by atoms with Crippen LogP contribution in [0.4, 0.5) is 5.69 Å². The maximum atomic E-state index is 2.56. The van der Waals surface area contributed by atoms with Crippen LogP contribution in [0.5, 0.6) is 0 Å². The van der Waals surface area contributed by atoms with Gasteiger partial charge in [-0.2, -0.15) is 0 Å². The Hall–Kier alpha value is -2.29. The largest absolute Gasteiger partial charge is 0.353 e. The van der Waals surface area contributed by atoms with Crippen molar-refractivity contribution in [3.05, 3.63) is 60.6 Å². The van der Waals surface area contributed by atoms with Crippen molar-refractivity contribution in [2.75, 3.05) is 4.90 Å². The van der Waals surface area contributed by atoms with E-state index in [1.54, 1.807) is 0 Å². The van der Waals surface area contributed by atoms with E-state index in [0.717, 1.165) is 0 Å². The zero-order valence-electron chi connectivity index (χ0n) is 15.5. The van der Waals surface area contributed by atoms with Crippen LogP contribution in [0, 0.1) is 6.92 Å². The maximum absolute atomic E-state index is 2.56. The third kappa shape index (κ3) is 2.82. The second-order valence-electron chi connectivity index (χ2n) is 7.37. The highest BCUT2D eigenvalue weighted by Crippen LogP contribution is 2.35. The lowest BCUT2D eigenvalue weighted by Gasteiger charge is -2.34. The van der Waals surface area contributed by atoms with Crippen molar-refractivity contribution >= 4 is 5.69 Å². The molecule has 0 amide bonds. The highest BCUT2D eigenvalue weighted by molar-refractivity contribution is 5.71. The van der Waals surface area contributed by atoms with Crippen molar-refractivity contribution in [2.24, 2.45) is 7.05 Å². The molecule has 0 N–H and O–H groups in total. The molecular weight excluding hydrogens is 306 g/mol. The summed E-state index contributed by atoms with van der Waals surface area (Å²) in [6.45, 7) is 4.57. The fraction of sp³-hybridized carbons (Fsp3) is 0.409. The first-order chi connectivity index (χ1) is 12.2. The second-order valence-corrected chi connectivity index (χ2v) is 7.37. The molecule has 130 valence electrons. The van der Waals surface area contributed by atoms with E-state index in [4.69, 9.17) is 0 Å². The normalized spacial score (nSPS) is 20.7. The topological polar surface area (TPSA) is 10.4 Å². The Morgan fingerprint density at radius 3 is 2.56 bits per heavy atom. The van der Waals surface area contributed by atoms with Crippen LogP contribution in [-0.4, -0.2) is 17.1 Å². The molecule has 25 heavy (non-hydrogen) atoms. The van der Waals surface area contributed by atoms with Crippen molar-refractivity contribution in [3.8, 4) is 11.3 Å². The minimum atomic E-state index is 0.390. The summed E-state index contributed by atoms with van der Waals surface area (Å²) in [7, 11) is 2.11. The Kier molecular flexibility index (Phi) is 4.24. The fourth-order valence-corrected chi connectivity index (χ4v) is 4.44. The van der Waals surface area contributed by atoms with Gasteiger partial charge >= 0.3 is 0 Å². The highest BCUT2D eigenvalue weighted by atomic mass is 15.4. The van der Waals surface area contributed by atoms with Gasteiger partial charge in [0.1, 0.15) is 13.2 Å². The van der Waals surface area contributed by atoms with Crippen LogP contribution in [0.2, 0.25) is 0 Å². The first-order valence-electron chi connectivity index (χ1n) is 9.45. The van der Waals surface area contributed by atoms with Gasteiger partial charge in [0.2, 0.25) is 5.69 Å². The summed E-state index contributed by atoms with van der Waals surface area (Å²) in [5, 5.41) is 0. The van der Waals surface area contributed by atoms with Crippen LogP contribution in [0.3, 0.4) is 0 Å². The lowest BCUT2D eigenvalue weighted by Crippen LogP contribution is -2.41. The molecule has 1 fully saturated rings. The van der Waals surface area contributed by atoms with E-state index < -0.39 is 0 Å². The van der Waals surface area contributed by atoms with Crippen molar-refractivity contribution < 1.29 is 4.57 Å². The van der Waals surface area contributed by atoms with Crippen LogP contribution in [0.25, 0.3) is 11.3 Å². The van der Waals surface area contributed by atoms with Gasteiger partial charge in [0, 0.05) is 36.3 Å². The molecule has 0 radical (unpaired) electrons. The number of hydrogen-bond acceptors (Lipinski definition) is 2. The number of pyridine rings is 1. The standard InChI is InChI=1S/C22H28N3/c1-17-20(22-12-6-7-14-23(22)3)11-8-13-21(17)25-16-15-24(18(25)2)19-9-4-5-10-19/h6-8,11-16,18-19H,4-5,9-10H2,1-3H3/q+1/t18-/m0/s1. The summed E-state index contributed by atoms with van der Waals surface area (Å²) in [6.07, 6.45) is 12.5. The Labute approximate surface area is 151 Å². The zero-order valence-corrected chi connectivity index (χ0v) is 15.5. The maximum Gasteiger partial charge on any atom is 0.212 e. The number of aromatic nitrogens is 1. The number of rotatable bonds is 3. The van der Waals surface area contributed by atoms with Crippen molar-refractivity contribution in [1.82, 2.24) is 4.90 Å². The molecule has 1 saturated carbocycles. The van der Waals surface area contributed by atoms with Crippen molar-refractivity contribution in [2.45, 2.75) is 51.7 Å². The summed E-state index contributed by atoms with van der Waals surface area (Å²) in [4.78, 5) is 4.99. The molecule has 2 aromatic rings. The Bertz CT molecular complexity index is 790. The lowest BCUT2D eigenvalue weighted by atomic mass is 10.0. The molecule has 4 rings (SSSR count). The molecule has 1 aliphatic carbocycles. The van der Waals surface area contributed by atoms with Gasteiger partial charge in [-0.05, 0) is 50.5 Å². The van der Waals surface area contributed by atoms with Crippen LogP contribution in [0.15, 0.2) is 55.0 Å². The highest BCUT2D eigenvalue weighted by Gasteiger charge is 2.31. The SMILES string of the molecule is Cc1c(-c2cccc[n+]2C)cccc1N1C=CN(C2CCCC2)[C@@H]1C. The third-order valence-corrected chi connectivity index (χ3v) is 5.89. The van der Waals surface area contributed by atoms with E-state index >= 15 is 0 Å². The van der Waals surface area contributed by atoms with Crippen LogP contribution in [-0.2, 0) is 7.05 Å². The summed E-state index contributed by atoms with van der Waals surface area (Å²) in [6, 6.07) is 13.8. The number of hydrogen-bond donors (Lipinski definition) is 0.